The lowest BCUT2D eigenvalue weighted by Crippen LogP contribution is -2.14. The van der Waals surface area contributed by atoms with Crippen LogP contribution in [0, 0.1) is 16.5 Å². The van der Waals surface area contributed by atoms with Gasteiger partial charge in [0.2, 0.25) is 5.88 Å². The van der Waals surface area contributed by atoms with Gasteiger partial charge in [-0.2, -0.15) is 0 Å². The third kappa shape index (κ3) is 3.21. The predicted octanol–water partition coefficient (Wildman–Crippen LogP) is 5.60. The molecule has 0 radical (unpaired) electrons. The summed E-state index contributed by atoms with van der Waals surface area (Å²) in [6.45, 7) is 0.305. The summed E-state index contributed by atoms with van der Waals surface area (Å²) in [4.78, 5) is 11.6. The Kier molecular flexibility index (Phi) is 4.63. The lowest BCUT2D eigenvalue weighted by atomic mass is 10.0. The Morgan fingerprint density at radius 2 is 1.87 bits per heavy atom. The van der Waals surface area contributed by atoms with Crippen LogP contribution < -0.4 is 4.74 Å². The molecule has 8 heteroatoms. The first-order valence-corrected chi connectivity index (χ1v) is 9.52. The van der Waals surface area contributed by atoms with E-state index in [-0.39, 0.29) is 37.3 Å². The van der Waals surface area contributed by atoms with Gasteiger partial charge < -0.3 is 19.1 Å². The first-order valence-electron chi connectivity index (χ1n) is 9.52. The number of nitrogens with zero attached hydrogens (tertiary/aromatic N) is 2. The topological polar surface area (TPSA) is 73.0 Å². The zero-order chi connectivity index (χ0) is 21.5. The van der Waals surface area contributed by atoms with Crippen molar-refractivity contribution in [1.29, 1.82) is 0 Å². The van der Waals surface area contributed by atoms with Gasteiger partial charge in [0.1, 0.15) is 17.4 Å². The third-order valence-corrected chi connectivity index (χ3v) is 5.36. The van der Waals surface area contributed by atoms with E-state index in [1.54, 1.807) is 30.3 Å². The predicted molar refractivity (Wildman–Crippen MR) is 110 cm³/mol. The van der Waals surface area contributed by atoms with Gasteiger partial charge in [-0.25, -0.2) is 8.78 Å². The highest BCUT2D eigenvalue weighted by molar-refractivity contribution is 6.05. The lowest BCUT2D eigenvalue weighted by molar-refractivity contribution is -0.0173. The second kappa shape index (κ2) is 7.48. The van der Waals surface area contributed by atoms with Crippen molar-refractivity contribution < 1.29 is 23.4 Å². The minimum absolute atomic E-state index is 0.0416. The molecule has 1 aliphatic rings. The molecule has 0 fully saturated rings. The number of aromatic nitrogens is 1. The summed E-state index contributed by atoms with van der Waals surface area (Å²) >= 11 is 0. The molecule has 0 aliphatic carbocycles. The van der Waals surface area contributed by atoms with Gasteiger partial charge in [0, 0.05) is 16.5 Å². The molecule has 156 valence electrons. The van der Waals surface area contributed by atoms with Crippen molar-refractivity contribution >= 4 is 16.6 Å². The average molecular weight is 422 g/mol. The van der Waals surface area contributed by atoms with Crippen LogP contribution in [-0.4, -0.2) is 16.5 Å². The molecule has 2 heterocycles. The monoisotopic (exact) mass is 422 g/mol. The van der Waals surface area contributed by atoms with Gasteiger partial charge in [-0.15, -0.1) is 4.91 Å². The largest absolute Gasteiger partial charge is 0.493 e. The molecule has 1 aliphatic heterocycles. The molecule has 31 heavy (non-hydrogen) atoms. The summed E-state index contributed by atoms with van der Waals surface area (Å²) in [5, 5.41) is 14.3. The summed E-state index contributed by atoms with van der Waals surface area (Å²) in [6, 6.07) is 13.7. The summed E-state index contributed by atoms with van der Waals surface area (Å²) in [5.41, 5.74) is 2.74. The van der Waals surface area contributed by atoms with Crippen LogP contribution in [0.15, 0.2) is 59.8 Å². The van der Waals surface area contributed by atoms with Gasteiger partial charge >= 0.3 is 0 Å². The second-order valence-corrected chi connectivity index (χ2v) is 7.22. The fraction of sp³-hybridized carbons (Fsp3) is 0.130. The lowest BCUT2D eigenvalue weighted by Gasteiger charge is -2.21. The number of hydrogen-bond acceptors (Lipinski definition) is 5. The van der Waals surface area contributed by atoms with Gasteiger partial charge in [0.05, 0.1) is 18.7 Å². The molecule has 0 bridgehead atoms. The molecular formula is C23H16F2N2O4. The fourth-order valence-electron chi connectivity index (χ4n) is 4.03. The van der Waals surface area contributed by atoms with Gasteiger partial charge in [0.15, 0.2) is 12.5 Å². The van der Waals surface area contributed by atoms with Gasteiger partial charge in [-0.3, -0.25) is 0 Å². The van der Waals surface area contributed by atoms with E-state index in [0.29, 0.717) is 38.9 Å². The molecule has 3 aromatic carbocycles. The second-order valence-electron chi connectivity index (χ2n) is 7.22. The molecule has 1 aromatic heterocycles. The SMILES string of the molecule is O=Nc1c(O)n(Cc2cc(F)cc3c2OCOC3)c2cccc(-c3ccc(F)cc3)c12. The Hall–Kier alpha value is -3.78. The minimum atomic E-state index is -0.459. The maximum absolute atomic E-state index is 14.2. The summed E-state index contributed by atoms with van der Waals surface area (Å²) < 4.78 is 39.8. The molecular weight excluding hydrogens is 406 g/mol. The van der Waals surface area contributed by atoms with Crippen LogP contribution in [0.3, 0.4) is 0 Å². The van der Waals surface area contributed by atoms with Crippen molar-refractivity contribution in [2.75, 3.05) is 6.79 Å². The smallest absolute Gasteiger partial charge is 0.222 e. The van der Waals surface area contributed by atoms with Crippen molar-refractivity contribution in [3.63, 3.8) is 0 Å². The highest BCUT2D eigenvalue weighted by Gasteiger charge is 2.24. The van der Waals surface area contributed by atoms with E-state index in [1.807, 2.05) is 0 Å². The van der Waals surface area contributed by atoms with E-state index in [2.05, 4.69) is 5.18 Å². The Morgan fingerprint density at radius 3 is 2.65 bits per heavy atom. The molecule has 0 amide bonds. The number of fused-ring (bicyclic) bond motifs is 2. The maximum Gasteiger partial charge on any atom is 0.222 e. The van der Waals surface area contributed by atoms with E-state index in [4.69, 9.17) is 9.47 Å². The quantitative estimate of drug-likeness (QED) is 0.434. The highest BCUT2D eigenvalue weighted by atomic mass is 19.1. The van der Waals surface area contributed by atoms with Crippen molar-refractivity contribution in [3.05, 3.63) is 82.3 Å². The van der Waals surface area contributed by atoms with Crippen LogP contribution in [0.5, 0.6) is 11.6 Å². The van der Waals surface area contributed by atoms with Crippen LogP contribution in [-0.2, 0) is 17.9 Å². The third-order valence-electron chi connectivity index (χ3n) is 5.36. The highest BCUT2D eigenvalue weighted by Crippen LogP contribution is 2.44. The normalized spacial score (nSPS) is 13.1. The Labute approximate surface area is 175 Å². The molecule has 0 saturated carbocycles. The molecule has 1 N–H and O–H groups in total. The van der Waals surface area contributed by atoms with Crippen LogP contribution in [0.2, 0.25) is 0 Å². The van der Waals surface area contributed by atoms with Crippen molar-refractivity contribution in [3.8, 4) is 22.8 Å². The van der Waals surface area contributed by atoms with Crippen LogP contribution in [0.1, 0.15) is 11.1 Å². The standard InChI is InChI=1S/C23H16F2N2O4/c24-16-6-4-13(5-7-16)18-2-1-3-19-20(18)21(26-29)23(28)27(19)10-14-8-17(25)9-15-11-30-12-31-22(14)15/h1-9,28H,10-12H2. The Balaban J connectivity index is 1.70. The zero-order valence-electron chi connectivity index (χ0n) is 16.1. The molecule has 0 spiro atoms. The van der Waals surface area contributed by atoms with E-state index < -0.39 is 5.82 Å². The summed E-state index contributed by atoms with van der Waals surface area (Å²) in [6.07, 6.45) is 0. The molecule has 5 rings (SSSR count). The zero-order valence-corrected chi connectivity index (χ0v) is 16.1. The van der Waals surface area contributed by atoms with Gasteiger partial charge in [0.25, 0.3) is 0 Å². The van der Waals surface area contributed by atoms with Crippen molar-refractivity contribution in [2.24, 2.45) is 5.18 Å². The van der Waals surface area contributed by atoms with E-state index >= 15 is 0 Å². The minimum Gasteiger partial charge on any atom is -0.493 e. The summed E-state index contributed by atoms with van der Waals surface area (Å²) in [7, 11) is 0. The number of hydrogen-bond donors (Lipinski definition) is 1. The summed E-state index contributed by atoms with van der Waals surface area (Å²) in [5.74, 6) is -0.696. The molecule has 0 saturated heterocycles. The van der Waals surface area contributed by atoms with Crippen LogP contribution in [0.4, 0.5) is 14.5 Å². The number of ether oxygens (including phenoxy) is 2. The van der Waals surface area contributed by atoms with E-state index in [1.165, 1.54) is 28.8 Å². The van der Waals surface area contributed by atoms with E-state index in [9.17, 15) is 18.8 Å². The van der Waals surface area contributed by atoms with Gasteiger partial charge in [-0.1, -0.05) is 24.3 Å². The molecule has 0 atom stereocenters. The number of aromatic hydroxyl groups is 1. The van der Waals surface area contributed by atoms with Crippen LogP contribution in [0.25, 0.3) is 22.0 Å². The number of rotatable bonds is 4. The maximum atomic E-state index is 14.2. The molecule has 4 aromatic rings. The number of halogens is 2. The van der Waals surface area contributed by atoms with E-state index in [0.717, 1.165) is 0 Å². The fourth-order valence-corrected chi connectivity index (χ4v) is 4.03. The Bertz CT molecular complexity index is 1320. The van der Waals surface area contributed by atoms with Crippen molar-refractivity contribution in [2.45, 2.75) is 13.2 Å². The number of nitroso groups, excluding NO2 is 1. The Morgan fingerprint density at radius 1 is 1.06 bits per heavy atom. The number of benzene rings is 3. The molecule has 6 nitrogen and oxygen atoms in total. The van der Waals surface area contributed by atoms with Crippen LogP contribution >= 0.6 is 0 Å². The average Bonchev–Trinajstić information content (AvgIpc) is 3.05. The van der Waals surface area contributed by atoms with Gasteiger partial charge in [-0.05, 0) is 46.6 Å². The first kappa shape index (κ1) is 19.2. The molecule has 0 unspecified atom stereocenters. The van der Waals surface area contributed by atoms with Crippen molar-refractivity contribution in [1.82, 2.24) is 4.57 Å². The first-order chi connectivity index (χ1) is 15.1.